The largest absolute Gasteiger partial charge is 0.272 e. The molecule has 0 aromatic heterocycles. The molecule has 104 valence electrons. The molecular formula is C14H10Br2ClNO2. The fourth-order valence-corrected chi connectivity index (χ4v) is 3.73. The molecule has 0 aliphatic heterocycles. The number of hydrogen-bond acceptors (Lipinski definition) is 2. The molecule has 0 saturated heterocycles. The summed E-state index contributed by atoms with van der Waals surface area (Å²) in [5.41, 5.74) is 1.65. The van der Waals surface area contributed by atoms with Crippen molar-refractivity contribution >= 4 is 49.1 Å². The minimum atomic E-state index is -0.379. The summed E-state index contributed by atoms with van der Waals surface area (Å²) in [4.78, 5) is 10.6. The molecule has 2 aromatic rings. The summed E-state index contributed by atoms with van der Waals surface area (Å²) < 4.78 is 1.83. The zero-order chi connectivity index (χ0) is 14.7. The number of nitro benzene ring substituents is 1. The van der Waals surface area contributed by atoms with Gasteiger partial charge in [0, 0.05) is 20.6 Å². The summed E-state index contributed by atoms with van der Waals surface area (Å²) in [5, 5.41) is 10.7. The zero-order valence-electron chi connectivity index (χ0n) is 10.2. The number of nitro groups is 1. The molecule has 2 aromatic carbocycles. The Hall–Kier alpha value is -0.910. The van der Waals surface area contributed by atoms with Gasteiger partial charge in [0.15, 0.2) is 0 Å². The van der Waals surface area contributed by atoms with Gasteiger partial charge < -0.3 is 0 Å². The Morgan fingerprint density at radius 3 is 2.55 bits per heavy atom. The summed E-state index contributed by atoms with van der Waals surface area (Å²) >= 11 is 13.2. The van der Waals surface area contributed by atoms with Crippen LogP contribution in [0.1, 0.15) is 16.5 Å². The van der Waals surface area contributed by atoms with Crippen LogP contribution in [0.2, 0.25) is 0 Å². The number of benzene rings is 2. The van der Waals surface area contributed by atoms with Gasteiger partial charge in [0.1, 0.15) is 0 Å². The summed E-state index contributed by atoms with van der Waals surface area (Å²) in [5.74, 6) is 0. The average Bonchev–Trinajstić information content (AvgIpc) is 2.38. The van der Waals surface area contributed by atoms with E-state index in [4.69, 9.17) is 11.6 Å². The van der Waals surface area contributed by atoms with Gasteiger partial charge in [-0.3, -0.25) is 10.1 Å². The Labute approximate surface area is 138 Å². The highest BCUT2D eigenvalue weighted by Gasteiger charge is 2.18. The molecule has 0 amide bonds. The number of hydrogen-bond donors (Lipinski definition) is 0. The van der Waals surface area contributed by atoms with Gasteiger partial charge in [0.25, 0.3) is 5.69 Å². The standard InChI is InChI=1S/C14H10Br2ClNO2/c15-10-5-6-11(12(16)8-10)13(17)7-9-3-1-2-4-14(9)18(19)20/h1-6,8,13H,7H2. The van der Waals surface area contributed by atoms with Crippen LogP contribution >= 0.6 is 43.5 Å². The molecule has 0 heterocycles. The molecule has 3 nitrogen and oxygen atoms in total. The van der Waals surface area contributed by atoms with E-state index in [1.807, 2.05) is 18.2 Å². The van der Waals surface area contributed by atoms with Crippen molar-refractivity contribution in [1.29, 1.82) is 0 Å². The Bertz CT molecular complexity index is 649. The highest BCUT2D eigenvalue weighted by Crippen LogP contribution is 2.34. The van der Waals surface area contributed by atoms with E-state index in [-0.39, 0.29) is 16.0 Å². The molecule has 0 fully saturated rings. The maximum atomic E-state index is 11.0. The van der Waals surface area contributed by atoms with Gasteiger partial charge >= 0.3 is 0 Å². The predicted octanol–water partition coefficient (Wildman–Crippen LogP) is 5.64. The highest BCUT2D eigenvalue weighted by atomic mass is 79.9. The van der Waals surface area contributed by atoms with Crippen molar-refractivity contribution in [2.45, 2.75) is 11.8 Å². The number of alkyl halides is 1. The number of halogens is 3. The summed E-state index contributed by atoms with van der Waals surface area (Å²) in [6.07, 6.45) is 0.402. The normalized spacial score (nSPS) is 12.2. The van der Waals surface area contributed by atoms with E-state index in [0.29, 0.717) is 12.0 Å². The molecule has 0 bridgehead atoms. The molecule has 2 rings (SSSR count). The minimum Gasteiger partial charge on any atom is -0.258 e. The summed E-state index contributed by atoms with van der Waals surface area (Å²) in [6.45, 7) is 0. The van der Waals surface area contributed by atoms with E-state index in [1.165, 1.54) is 6.07 Å². The van der Waals surface area contributed by atoms with Gasteiger partial charge in [-0.15, -0.1) is 11.6 Å². The number of para-hydroxylation sites is 1. The molecule has 0 saturated carbocycles. The Morgan fingerprint density at radius 1 is 1.20 bits per heavy atom. The lowest BCUT2D eigenvalue weighted by Gasteiger charge is -2.12. The third-order valence-electron chi connectivity index (χ3n) is 2.89. The maximum absolute atomic E-state index is 11.0. The van der Waals surface area contributed by atoms with Crippen molar-refractivity contribution in [1.82, 2.24) is 0 Å². The van der Waals surface area contributed by atoms with Crippen molar-refractivity contribution in [3.63, 3.8) is 0 Å². The fourth-order valence-electron chi connectivity index (χ4n) is 1.92. The van der Waals surface area contributed by atoms with E-state index in [2.05, 4.69) is 31.9 Å². The Morgan fingerprint density at radius 2 is 1.90 bits per heavy atom. The first kappa shape index (κ1) is 15.5. The van der Waals surface area contributed by atoms with Crippen LogP contribution in [0, 0.1) is 10.1 Å². The van der Waals surface area contributed by atoms with Crippen LogP contribution in [0.25, 0.3) is 0 Å². The molecule has 20 heavy (non-hydrogen) atoms. The second-order valence-electron chi connectivity index (χ2n) is 4.22. The molecule has 0 spiro atoms. The molecule has 0 radical (unpaired) electrons. The second kappa shape index (κ2) is 6.70. The van der Waals surface area contributed by atoms with Crippen LogP contribution in [0.15, 0.2) is 51.4 Å². The predicted molar refractivity (Wildman–Crippen MR) is 87.2 cm³/mol. The van der Waals surface area contributed by atoms with Crippen LogP contribution < -0.4 is 0 Å². The van der Waals surface area contributed by atoms with Crippen LogP contribution in [-0.2, 0) is 6.42 Å². The molecule has 0 aliphatic rings. The monoisotopic (exact) mass is 417 g/mol. The third-order valence-corrected chi connectivity index (χ3v) is 4.46. The van der Waals surface area contributed by atoms with Gasteiger partial charge in [-0.05, 0) is 24.1 Å². The smallest absolute Gasteiger partial charge is 0.258 e. The molecule has 0 aliphatic carbocycles. The van der Waals surface area contributed by atoms with Crippen LogP contribution in [-0.4, -0.2) is 4.92 Å². The Balaban J connectivity index is 2.28. The first-order chi connectivity index (χ1) is 9.49. The number of rotatable bonds is 4. The van der Waals surface area contributed by atoms with E-state index in [0.717, 1.165) is 14.5 Å². The number of nitrogens with zero attached hydrogens (tertiary/aromatic N) is 1. The summed E-state index contributed by atoms with van der Waals surface area (Å²) in [7, 11) is 0. The van der Waals surface area contributed by atoms with Gasteiger partial charge in [-0.1, -0.05) is 56.1 Å². The van der Waals surface area contributed by atoms with E-state index in [9.17, 15) is 10.1 Å². The Kier molecular flexibility index (Phi) is 5.18. The molecule has 6 heteroatoms. The fraction of sp³-hybridized carbons (Fsp3) is 0.143. The lowest BCUT2D eigenvalue weighted by atomic mass is 10.0. The maximum Gasteiger partial charge on any atom is 0.272 e. The summed E-state index contributed by atoms with van der Waals surface area (Å²) in [6, 6.07) is 12.4. The van der Waals surface area contributed by atoms with E-state index < -0.39 is 0 Å². The van der Waals surface area contributed by atoms with Gasteiger partial charge in [-0.2, -0.15) is 0 Å². The molecule has 0 N–H and O–H groups in total. The second-order valence-corrected chi connectivity index (χ2v) is 6.52. The molecule has 1 unspecified atom stereocenters. The lowest BCUT2D eigenvalue weighted by molar-refractivity contribution is -0.385. The van der Waals surface area contributed by atoms with Gasteiger partial charge in [-0.25, -0.2) is 0 Å². The first-order valence-corrected chi connectivity index (χ1v) is 7.82. The van der Waals surface area contributed by atoms with E-state index >= 15 is 0 Å². The average molecular weight is 420 g/mol. The third kappa shape index (κ3) is 3.59. The quantitative estimate of drug-likeness (QED) is 0.366. The van der Waals surface area contributed by atoms with Crippen molar-refractivity contribution in [2.24, 2.45) is 0 Å². The van der Waals surface area contributed by atoms with Gasteiger partial charge in [0.2, 0.25) is 0 Å². The van der Waals surface area contributed by atoms with Crippen molar-refractivity contribution < 1.29 is 4.92 Å². The van der Waals surface area contributed by atoms with Crippen LogP contribution in [0.3, 0.4) is 0 Å². The SMILES string of the molecule is O=[N+]([O-])c1ccccc1CC(Cl)c1ccc(Br)cc1Br. The van der Waals surface area contributed by atoms with Crippen LogP contribution in [0.5, 0.6) is 0 Å². The first-order valence-electron chi connectivity index (χ1n) is 5.80. The van der Waals surface area contributed by atoms with Crippen molar-refractivity contribution in [3.05, 3.63) is 72.7 Å². The molecule has 1 atom stereocenters. The van der Waals surface area contributed by atoms with Gasteiger partial charge in [0.05, 0.1) is 10.3 Å². The topological polar surface area (TPSA) is 43.1 Å². The zero-order valence-corrected chi connectivity index (χ0v) is 14.2. The highest BCUT2D eigenvalue weighted by molar-refractivity contribution is 9.11. The molecular weight excluding hydrogens is 409 g/mol. The van der Waals surface area contributed by atoms with Crippen molar-refractivity contribution in [3.8, 4) is 0 Å². The van der Waals surface area contributed by atoms with Crippen LogP contribution in [0.4, 0.5) is 5.69 Å². The van der Waals surface area contributed by atoms with Crippen molar-refractivity contribution in [2.75, 3.05) is 0 Å². The minimum absolute atomic E-state index is 0.103. The lowest BCUT2D eigenvalue weighted by Crippen LogP contribution is -2.01. The van der Waals surface area contributed by atoms with E-state index in [1.54, 1.807) is 18.2 Å².